The van der Waals surface area contributed by atoms with Gasteiger partial charge in [0.05, 0.1) is 10.7 Å². The number of benzene rings is 1. The summed E-state index contributed by atoms with van der Waals surface area (Å²) in [6, 6.07) is 7.04. The third-order valence-corrected chi connectivity index (χ3v) is 4.05. The van der Waals surface area contributed by atoms with Crippen LogP contribution in [0, 0.1) is 0 Å². The number of nitrogens with zero attached hydrogens (tertiary/aromatic N) is 1. The van der Waals surface area contributed by atoms with Gasteiger partial charge in [0.1, 0.15) is 4.88 Å². The number of halogens is 1. The first-order valence-electron chi connectivity index (χ1n) is 5.49. The predicted molar refractivity (Wildman–Crippen MR) is 73.6 cm³/mol. The Bertz CT molecular complexity index is 575. The Labute approximate surface area is 114 Å². The van der Waals surface area contributed by atoms with Gasteiger partial charge in [-0.05, 0) is 12.1 Å². The summed E-state index contributed by atoms with van der Waals surface area (Å²) in [6.07, 6.45) is 0. The van der Waals surface area contributed by atoms with Gasteiger partial charge in [-0.1, -0.05) is 37.6 Å². The molecular formula is C13H12ClNO2S. The van der Waals surface area contributed by atoms with Crippen LogP contribution in [0.3, 0.4) is 0 Å². The first-order chi connectivity index (χ1) is 8.49. The fraction of sp³-hybridized carbons (Fsp3) is 0.231. The summed E-state index contributed by atoms with van der Waals surface area (Å²) in [7, 11) is 0. The second-order valence-corrected chi connectivity index (χ2v) is 5.66. The van der Waals surface area contributed by atoms with E-state index in [1.54, 1.807) is 24.3 Å². The van der Waals surface area contributed by atoms with E-state index < -0.39 is 5.97 Å². The molecule has 0 aliphatic carbocycles. The van der Waals surface area contributed by atoms with Crippen LogP contribution in [0.2, 0.25) is 5.02 Å². The standard InChI is InChI=1S/C13H12ClNO2S/c1-7(2)12-15-10(11(18-12)13(16)17)8-3-5-9(14)6-4-8/h3-7H,1-2H3,(H,16,17). The average molecular weight is 282 g/mol. The molecule has 0 unspecified atom stereocenters. The van der Waals surface area contributed by atoms with E-state index in [0.717, 1.165) is 10.6 Å². The second kappa shape index (κ2) is 5.08. The monoisotopic (exact) mass is 281 g/mol. The Hall–Kier alpha value is -1.39. The molecule has 0 atom stereocenters. The Balaban J connectivity index is 2.55. The molecule has 1 aromatic carbocycles. The predicted octanol–water partition coefficient (Wildman–Crippen LogP) is 4.29. The number of thiazole rings is 1. The van der Waals surface area contributed by atoms with Crippen molar-refractivity contribution < 1.29 is 9.90 Å². The normalized spacial score (nSPS) is 10.9. The lowest BCUT2D eigenvalue weighted by molar-refractivity contribution is 0.0702. The Morgan fingerprint density at radius 3 is 2.44 bits per heavy atom. The van der Waals surface area contributed by atoms with Gasteiger partial charge in [0.15, 0.2) is 0 Å². The highest BCUT2D eigenvalue weighted by molar-refractivity contribution is 7.14. The molecular weight excluding hydrogens is 270 g/mol. The Kier molecular flexibility index (Phi) is 3.68. The summed E-state index contributed by atoms with van der Waals surface area (Å²) in [4.78, 5) is 15.9. The van der Waals surface area contributed by atoms with Crippen LogP contribution in [-0.4, -0.2) is 16.1 Å². The van der Waals surface area contributed by atoms with E-state index in [4.69, 9.17) is 11.6 Å². The van der Waals surface area contributed by atoms with E-state index in [-0.39, 0.29) is 10.8 Å². The SMILES string of the molecule is CC(C)c1nc(-c2ccc(Cl)cc2)c(C(=O)O)s1. The number of aromatic carboxylic acids is 1. The van der Waals surface area contributed by atoms with Gasteiger partial charge in [-0.3, -0.25) is 0 Å². The van der Waals surface area contributed by atoms with E-state index in [2.05, 4.69) is 4.98 Å². The minimum atomic E-state index is -0.940. The third-order valence-electron chi connectivity index (χ3n) is 2.45. The summed E-state index contributed by atoms with van der Waals surface area (Å²) in [5.74, 6) is -0.724. The number of rotatable bonds is 3. The van der Waals surface area contributed by atoms with Crippen LogP contribution in [0.5, 0.6) is 0 Å². The largest absolute Gasteiger partial charge is 0.477 e. The first-order valence-corrected chi connectivity index (χ1v) is 6.68. The van der Waals surface area contributed by atoms with Crippen molar-refractivity contribution in [2.45, 2.75) is 19.8 Å². The van der Waals surface area contributed by atoms with Crippen molar-refractivity contribution in [2.75, 3.05) is 0 Å². The van der Waals surface area contributed by atoms with Crippen LogP contribution in [0.25, 0.3) is 11.3 Å². The van der Waals surface area contributed by atoms with E-state index in [9.17, 15) is 9.90 Å². The minimum absolute atomic E-state index is 0.217. The van der Waals surface area contributed by atoms with Gasteiger partial charge in [-0.25, -0.2) is 9.78 Å². The first kappa shape index (κ1) is 13.1. The molecule has 0 amide bonds. The third kappa shape index (κ3) is 2.54. The van der Waals surface area contributed by atoms with Gasteiger partial charge < -0.3 is 5.11 Å². The van der Waals surface area contributed by atoms with Crippen LogP contribution in [0.1, 0.15) is 34.4 Å². The lowest BCUT2D eigenvalue weighted by Gasteiger charge is -1.99. The number of carbonyl (C=O) groups is 1. The molecule has 0 saturated heterocycles. The number of carboxylic acids is 1. The summed E-state index contributed by atoms with van der Waals surface area (Å²) < 4.78 is 0. The molecule has 0 radical (unpaired) electrons. The maximum Gasteiger partial charge on any atom is 0.348 e. The van der Waals surface area contributed by atoms with Crippen LogP contribution in [0.15, 0.2) is 24.3 Å². The molecule has 2 aromatic rings. The lowest BCUT2D eigenvalue weighted by Crippen LogP contribution is -1.95. The van der Waals surface area contributed by atoms with Gasteiger partial charge in [0, 0.05) is 16.5 Å². The van der Waals surface area contributed by atoms with Crippen molar-refractivity contribution in [2.24, 2.45) is 0 Å². The lowest BCUT2D eigenvalue weighted by atomic mass is 10.1. The number of aromatic nitrogens is 1. The van der Waals surface area contributed by atoms with Crippen LogP contribution in [0.4, 0.5) is 0 Å². The Morgan fingerprint density at radius 1 is 1.33 bits per heavy atom. The molecule has 1 N–H and O–H groups in total. The topological polar surface area (TPSA) is 50.2 Å². The van der Waals surface area contributed by atoms with Gasteiger partial charge in [-0.15, -0.1) is 11.3 Å². The zero-order valence-electron chi connectivity index (χ0n) is 9.98. The van der Waals surface area contributed by atoms with E-state index in [1.165, 1.54) is 11.3 Å². The van der Waals surface area contributed by atoms with Crippen molar-refractivity contribution in [1.29, 1.82) is 0 Å². The smallest absolute Gasteiger partial charge is 0.348 e. The number of carboxylic acid groups (broad SMARTS) is 1. The van der Waals surface area contributed by atoms with E-state index in [1.807, 2.05) is 13.8 Å². The maximum absolute atomic E-state index is 11.2. The zero-order chi connectivity index (χ0) is 13.3. The van der Waals surface area contributed by atoms with Gasteiger partial charge in [0.2, 0.25) is 0 Å². The molecule has 94 valence electrons. The van der Waals surface area contributed by atoms with Crippen molar-refractivity contribution in [3.05, 3.63) is 39.2 Å². The van der Waals surface area contributed by atoms with Crippen molar-refractivity contribution in [1.82, 2.24) is 4.98 Å². The molecule has 0 saturated carbocycles. The molecule has 2 rings (SSSR count). The highest BCUT2D eigenvalue weighted by atomic mass is 35.5. The molecule has 5 heteroatoms. The maximum atomic E-state index is 11.2. The molecule has 0 aliphatic rings. The van der Waals surface area contributed by atoms with E-state index in [0.29, 0.717) is 10.7 Å². The number of hydrogen-bond acceptors (Lipinski definition) is 3. The van der Waals surface area contributed by atoms with Crippen molar-refractivity contribution >= 4 is 28.9 Å². The highest BCUT2D eigenvalue weighted by Gasteiger charge is 2.19. The summed E-state index contributed by atoms with van der Waals surface area (Å²) in [6.45, 7) is 3.99. The van der Waals surface area contributed by atoms with Crippen molar-refractivity contribution in [3.63, 3.8) is 0 Å². The zero-order valence-corrected chi connectivity index (χ0v) is 11.5. The quantitative estimate of drug-likeness (QED) is 0.913. The molecule has 0 spiro atoms. The highest BCUT2D eigenvalue weighted by Crippen LogP contribution is 2.32. The summed E-state index contributed by atoms with van der Waals surface area (Å²) >= 11 is 7.05. The summed E-state index contributed by atoms with van der Waals surface area (Å²) in [5, 5.41) is 10.7. The molecule has 0 aliphatic heterocycles. The fourth-order valence-corrected chi connectivity index (χ4v) is 2.59. The Morgan fingerprint density at radius 2 is 1.94 bits per heavy atom. The second-order valence-electron chi connectivity index (χ2n) is 4.20. The van der Waals surface area contributed by atoms with Gasteiger partial charge >= 0.3 is 5.97 Å². The van der Waals surface area contributed by atoms with Crippen molar-refractivity contribution in [3.8, 4) is 11.3 Å². The van der Waals surface area contributed by atoms with Crippen LogP contribution >= 0.6 is 22.9 Å². The molecule has 18 heavy (non-hydrogen) atoms. The van der Waals surface area contributed by atoms with Gasteiger partial charge in [0.25, 0.3) is 0 Å². The van der Waals surface area contributed by atoms with E-state index >= 15 is 0 Å². The van der Waals surface area contributed by atoms with Crippen LogP contribution < -0.4 is 0 Å². The minimum Gasteiger partial charge on any atom is -0.477 e. The molecule has 0 fully saturated rings. The molecule has 1 aromatic heterocycles. The molecule has 1 heterocycles. The molecule has 3 nitrogen and oxygen atoms in total. The average Bonchev–Trinajstić information content (AvgIpc) is 2.75. The number of hydrogen-bond donors (Lipinski definition) is 1. The molecule has 0 bridgehead atoms. The van der Waals surface area contributed by atoms with Crippen LogP contribution in [-0.2, 0) is 0 Å². The fourth-order valence-electron chi connectivity index (χ4n) is 1.53. The van der Waals surface area contributed by atoms with Gasteiger partial charge in [-0.2, -0.15) is 0 Å². The summed E-state index contributed by atoms with van der Waals surface area (Å²) in [5.41, 5.74) is 1.30.